The second-order valence-corrected chi connectivity index (χ2v) is 10.7. The lowest BCUT2D eigenvalue weighted by Gasteiger charge is -2.25. The number of ether oxygens (including phenoxy) is 3. The van der Waals surface area contributed by atoms with Gasteiger partial charge in [0.25, 0.3) is 11.2 Å². The summed E-state index contributed by atoms with van der Waals surface area (Å²) < 4.78 is 24.2. The number of halogens is 1. The first kappa shape index (κ1) is 29.8. The number of nitrogens with zero attached hydrogens (tertiary/aromatic N) is 3. The van der Waals surface area contributed by atoms with Gasteiger partial charge in [-0.1, -0.05) is 29.0 Å². The van der Waals surface area contributed by atoms with Crippen molar-refractivity contribution in [1.82, 2.24) is 4.57 Å². The van der Waals surface area contributed by atoms with E-state index in [1.165, 1.54) is 36.0 Å². The smallest absolute Gasteiger partial charge is 0.338 e. The molecule has 0 fully saturated rings. The SMILES string of the molecule is CCOC(=O)C1=C(C)N=c2s/c(=C\c3ccc(-c4ccc(Cl)cc4[N+](=O)[O-])o3)c(=O)n2C1c1ccc(OC)c(OCC)c1. The Balaban J connectivity index is 1.65. The fraction of sp³-hybridized carbons (Fsp3) is 0.233. The number of methoxy groups -OCH3 is 1. The van der Waals surface area contributed by atoms with Crippen LogP contribution in [0.3, 0.4) is 0 Å². The van der Waals surface area contributed by atoms with Crippen LogP contribution < -0.4 is 24.4 Å². The van der Waals surface area contributed by atoms with Crippen LogP contribution in [0.5, 0.6) is 11.5 Å². The topological polar surface area (TPSA) is 135 Å². The van der Waals surface area contributed by atoms with Crippen molar-refractivity contribution < 1.29 is 28.3 Å². The predicted molar refractivity (Wildman–Crippen MR) is 160 cm³/mol. The molecule has 0 aliphatic carbocycles. The zero-order valence-electron chi connectivity index (χ0n) is 23.6. The molecule has 3 heterocycles. The van der Waals surface area contributed by atoms with Crippen LogP contribution in [-0.4, -0.2) is 35.8 Å². The molecule has 5 rings (SSSR count). The maximum atomic E-state index is 13.9. The number of allylic oxidation sites excluding steroid dienone is 1. The van der Waals surface area contributed by atoms with Gasteiger partial charge in [0.2, 0.25) is 0 Å². The summed E-state index contributed by atoms with van der Waals surface area (Å²) in [6.07, 6.45) is 1.54. The summed E-state index contributed by atoms with van der Waals surface area (Å²) in [6, 6.07) is 11.8. The zero-order valence-corrected chi connectivity index (χ0v) is 25.2. The van der Waals surface area contributed by atoms with Crippen molar-refractivity contribution in [3.63, 3.8) is 0 Å². The van der Waals surface area contributed by atoms with Crippen molar-refractivity contribution in [2.75, 3.05) is 20.3 Å². The van der Waals surface area contributed by atoms with Crippen LogP contribution in [0.1, 0.15) is 38.1 Å². The number of hydrogen-bond acceptors (Lipinski definition) is 10. The fourth-order valence-electron chi connectivity index (χ4n) is 4.81. The van der Waals surface area contributed by atoms with Gasteiger partial charge in [0.15, 0.2) is 16.3 Å². The van der Waals surface area contributed by atoms with Crippen molar-refractivity contribution in [2.24, 2.45) is 4.99 Å². The molecule has 222 valence electrons. The lowest BCUT2D eigenvalue weighted by Crippen LogP contribution is -2.39. The van der Waals surface area contributed by atoms with Gasteiger partial charge in [0.1, 0.15) is 11.5 Å². The Morgan fingerprint density at radius 2 is 1.95 bits per heavy atom. The summed E-state index contributed by atoms with van der Waals surface area (Å²) in [7, 11) is 1.53. The highest BCUT2D eigenvalue weighted by atomic mass is 35.5. The van der Waals surface area contributed by atoms with E-state index < -0.39 is 22.5 Å². The minimum atomic E-state index is -0.855. The van der Waals surface area contributed by atoms with Gasteiger partial charge in [-0.3, -0.25) is 19.5 Å². The van der Waals surface area contributed by atoms with Crippen molar-refractivity contribution in [2.45, 2.75) is 26.8 Å². The number of aromatic nitrogens is 1. The van der Waals surface area contributed by atoms with Crippen LogP contribution in [-0.2, 0) is 9.53 Å². The monoisotopic (exact) mass is 623 g/mol. The normalized spacial score (nSPS) is 14.7. The Bertz CT molecular complexity index is 1960. The third-order valence-electron chi connectivity index (χ3n) is 6.64. The number of carbonyl (C=O) groups excluding carboxylic acids is 1. The van der Waals surface area contributed by atoms with Crippen LogP contribution >= 0.6 is 22.9 Å². The number of carbonyl (C=O) groups is 1. The highest BCUT2D eigenvalue weighted by molar-refractivity contribution is 7.07. The summed E-state index contributed by atoms with van der Waals surface area (Å²) in [5.41, 5.74) is 0.872. The average molecular weight is 624 g/mol. The van der Waals surface area contributed by atoms with Crippen molar-refractivity contribution in [1.29, 1.82) is 0 Å². The number of nitro benzene ring substituents is 1. The van der Waals surface area contributed by atoms with E-state index in [0.29, 0.717) is 39.9 Å². The first-order valence-corrected chi connectivity index (χ1v) is 14.4. The van der Waals surface area contributed by atoms with Crippen LogP contribution in [0.2, 0.25) is 5.02 Å². The van der Waals surface area contributed by atoms with Gasteiger partial charge in [0, 0.05) is 17.2 Å². The Morgan fingerprint density at radius 1 is 1.16 bits per heavy atom. The molecule has 2 aromatic heterocycles. The maximum Gasteiger partial charge on any atom is 0.338 e. The van der Waals surface area contributed by atoms with Crippen molar-refractivity contribution in [3.8, 4) is 22.8 Å². The molecule has 1 unspecified atom stereocenters. The number of thiazole rings is 1. The minimum Gasteiger partial charge on any atom is -0.493 e. The number of benzene rings is 2. The van der Waals surface area contributed by atoms with E-state index in [9.17, 15) is 19.7 Å². The van der Waals surface area contributed by atoms with Gasteiger partial charge >= 0.3 is 5.97 Å². The molecule has 2 aromatic carbocycles. The average Bonchev–Trinajstić information content (AvgIpc) is 3.56. The second-order valence-electron chi connectivity index (χ2n) is 9.27. The van der Waals surface area contributed by atoms with E-state index in [0.717, 1.165) is 11.3 Å². The molecule has 11 nitrogen and oxygen atoms in total. The van der Waals surface area contributed by atoms with Gasteiger partial charge in [-0.2, -0.15) is 0 Å². The van der Waals surface area contributed by atoms with E-state index in [4.69, 9.17) is 30.2 Å². The van der Waals surface area contributed by atoms with Crippen molar-refractivity contribution >= 4 is 40.7 Å². The van der Waals surface area contributed by atoms with Crippen LogP contribution in [0.15, 0.2) is 74.0 Å². The molecule has 0 bridgehead atoms. The van der Waals surface area contributed by atoms with E-state index in [-0.39, 0.29) is 38.7 Å². The molecule has 1 atom stereocenters. The van der Waals surface area contributed by atoms with E-state index in [2.05, 4.69) is 4.99 Å². The third-order valence-corrected chi connectivity index (χ3v) is 7.86. The number of hydrogen-bond donors (Lipinski definition) is 0. The lowest BCUT2D eigenvalue weighted by molar-refractivity contribution is -0.384. The molecule has 0 N–H and O–H groups in total. The Kier molecular flexibility index (Phi) is 8.51. The Morgan fingerprint density at radius 3 is 2.65 bits per heavy atom. The zero-order chi connectivity index (χ0) is 30.8. The van der Waals surface area contributed by atoms with Crippen molar-refractivity contribution in [3.05, 3.63) is 106 Å². The fourth-order valence-corrected chi connectivity index (χ4v) is 6.00. The van der Waals surface area contributed by atoms with Crippen LogP contribution in [0.25, 0.3) is 17.4 Å². The number of rotatable bonds is 9. The molecule has 1 aliphatic rings. The van der Waals surface area contributed by atoms with E-state index in [1.54, 1.807) is 44.2 Å². The molecule has 0 amide bonds. The highest BCUT2D eigenvalue weighted by Gasteiger charge is 2.34. The van der Waals surface area contributed by atoms with Gasteiger partial charge < -0.3 is 18.6 Å². The molecular formula is C30H26ClN3O8S. The predicted octanol–water partition coefficient (Wildman–Crippen LogP) is 5.03. The van der Waals surface area contributed by atoms with Gasteiger partial charge in [0.05, 0.1) is 52.7 Å². The molecule has 4 aromatic rings. The second kappa shape index (κ2) is 12.3. The van der Waals surface area contributed by atoms with E-state index >= 15 is 0 Å². The maximum absolute atomic E-state index is 13.9. The highest BCUT2D eigenvalue weighted by Crippen LogP contribution is 2.37. The minimum absolute atomic E-state index is 0.145. The molecule has 0 spiro atoms. The molecule has 0 saturated carbocycles. The van der Waals surface area contributed by atoms with Crippen LogP contribution in [0.4, 0.5) is 5.69 Å². The summed E-state index contributed by atoms with van der Waals surface area (Å²) in [5, 5.41) is 11.8. The summed E-state index contributed by atoms with van der Waals surface area (Å²) in [4.78, 5) is 43.1. The van der Waals surface area contributed by atoms with Gasteiger partial charge in [-0.05, 0) is 62.7 Å². The molecule has 0 saturated heterocycles. The molecule has 0 radical (unpaired) electrons. The molecule has 1 aliphatic heterocycles. The molecular weight excluding hydrogens is 598 g/mol. The standard InChI is InChI=1S/C30H26ClN3O8S/c1-5-40-24-13-17(7-11-23(24)39-4)27-26(29(36)41-6-2)16(3)32-30-33(27)28(35)25(43-30)15-19-9-12-22(42-19)20-10-8-18(31)14-21(20)34(37)38/h7-15,27H,5-6H2,1-4H3/b25-15-. The quantitative estimate of drug-likeness (QED) is 0.144. The number of esters is 1. The number of fused-ring (bicyclic) bond motifs is 1. The van der Waals surface area contributed by atoms with E-state index in [1.807, 2.05) is 6.92 Å². The summed E-state index contributed by atoms with van der Waals surface area (Å²) in [5.74, 6) is 0.915. The molecule has 13 heteroatoms. The lowest BCUT2D eigenvalue weighted by atomic mass is 9.95. The van der Waals surface area contributed by atoms with Gasteiger partial charge in [-0.15, -0.1) is 0 Å². The Labute approximate surface area is 254 Å². The number of furan rings is 1. The number of nitro groups is 1. The first-order chi connectivity index (χ1) is 20.7. The third kappa shape index (κ3) is 5.71. The summed E-state index contributed by atoms with van der Waals surface area (Å²) in [6.45, 7) is 5.77. The summed E-state index contributed by atoms with van der Waals surface area (Å²) >= 11 is 7.07. The first-order valence-electron chi connectivity index (χ1n) is 13.2. The Hall–Kier alpha value is -4.68. The van der Waals surface area contributed by atoms with Crippen LogP contribution in [0, 0.1) is 10.1 Å². The largest absolute Gasteiger partial charge is 0.493 e. The molecule has 43 heavy (non-hydrogen) atoms. The van der Waals surface area contributed by atoms with Gasteiger partial charge in [-0.25, -0.2) is 9.79 Å².